The van der Waals surface area contributed by atoms with Crippen LogP contribution in [-0.4, -0.2) is 38.0 Å². The SMILES string of the molecule is C#CC(CCC)NC(=O)c1cn(CC(=O)O)nn1. The average Bonchev–Trinajstić information content (AvgIpc) is 2.76. The molecular weight excluding hydrogens is 236 g/mol. The van der Waals surface area contributed by atoms with Crippen LogP contribution in [0.3, 0.4) is 0 Å². The Morgan fingerprint density at radius 2 is 2.39 bits per heavy atom. The zero-order valence-corrected chi connectivity index (χ0v) is 9.96. The Balaban J connectivity index is 2.64. The summed E-state index contributed by atoms with van der Waals surface area (Å²) in [6.07, 6.45) is 8.06. The Bertz CT molecular complexity index is 475. The number of nitrogens with one attached hydrogen (secondary N) is 1. The van der Waals surface area contributed by atoms with Crippen LogP contribution in [0.25, 0.3) is 0 Å². The molecule has 0 bridgehead atoms. The Morgan fingerprint density at radius 1 is 1.67 bits per heavy atom. The molecule has 1 amide bonds. The van der Waals surface area contributed by atoms with Gasteiger partial charge in [-0.05, 0) is 6.42 Å². The first-order valence-corrected chi connectivity index (χ1v) is 5.45. The Kier molecular flexibility index (Phi) is 4.87. The molecule has 1 rings (SSSR count). The van der Waals surface area contributed by atoms with Crippen molar-refractivity contribution in [2.75, 3.05) is 0 Å². The maximum atomic E-state index is 11.7. The van der Waals surface area contributed by atoms with Crippen molar-refractivity contribution in [1.82, 2.24) is 20.3 Å². The minimum atomic E-state index is -1.06. The molecule has 0 saturated carbocycles. The maximum Gasteiger partial charge on any atom is 0.325 e. The molecule has 0 aliphatic heterocycles. The van der Waals surface area contributed by atoms with Crippen molar-refractivity contribution >= 4 is 11.9 Å². The van der Waals surface area contributed by atoms with Crippen molar-refractivity contribution in [2.24, 2.45) is 0 Å². The van der Waals surface area contributed by atoms with Gasteiger partial charge in [0, 0.05) is 0 Å². The number of hydrogen-bond acceptors (Lipinski definition) is 4. The van der Waals surface area contributed by atoms with E-state index in [4.69, 9.17) is 11.5 Å². The normalized spacial score (nSPS) is 11.6. The van der Waals surface area contributed by atoms with Gasteiger partial charge in [0.25, 0.3) is 5.91 Å². The second kappa shape index (κ2) is 6.39. The summed E-state index contributed by atoms with van der Waals surface area (Å²) in [4.78, 5) is 22.2. The predicted molar refractivity (Wildman–Crippen MR) is 62.7 cm³/mol. The summed E-state index contributed by atoms with van der Waals surface area (Å²) in [7, 11) is 0. The third-order valence-corrected chi connectivity index (χ3v) is 2.15. The van der Waals surface area contributed by atoms with Crippen LogP contribution in [0.5, 0.6) is 0 Å². The summed E-state index contributed by atoms with van der Waals surface area (Å²) in [5.74, 6) is 0.950. The summed E-state index contributed by atoms with van der Waals surface area (Å²) in [6.45, 7) is 1.62. The quantitative estimate of drug-likeness (QED) is 0.687. The van der Waals surface area contributed by atoms with Crippen LogP contribution in [0.4, 0.5) is 0 Å². The van der Waals surface area contributed by atoms with E-state index < -0.39 is 11.9 Å². The van der Waals surface area contributed by atoms with E-state index in [1.807, 2.05) is 6.92 Å². The van der Waals surface area contributed by atoms with Gasteiger partial charge in [0.05, 0.1) is 12.2 Å². The fourth-order valence-corrected chi connectivity index (χ4v) is 1.34. The van der Waals surface area contributed by atoms with Crippen molar-refractivity contribution in [3.8, 4) is 12.3 Å². The van der Waals surface area contributed by atoms with Crippen LogP contribution >= 0.6 is 0 Å². The summed E-state index contributed by atoms with van der Waals surface area (Å²) < 4.78 is 1.07. The fraction of sp³-hybridized carbons (Fsp3) is 0.455. The van der Waals surface area contributed by atoms with E-state index in [2.05, 4.69) is 21.5 Å². The van der Waals surface area contributed by atoms with Crippen LogP contribution in [0, 0.1) is 12.3 Å². The summed E-state index contributed by atoms with van der Waals surface area (Å²) in [6, 6.07) is -0.355. The molecule has 0 spiro atoms. The highest BCUT2D eigenvalue weighted by Crippen LogP contribution is 1.98. The highest BCUT2D eigenvalue weighted by molar-refractivity contribution is 5.92. The number of rotatable bonds is 6. The number of hydrogen-bond donors (Lipinski definition) is 2. The average molecular weight is 250 g/mol. The van der Waals surface area contributed by atoms with Gasteiger partial charge in [-0.15, -0.1) is 11.5 Å². The van der Waals surface area contributed by atoms with Gasteiger partial charge in [0.15, 0.2) is 5.69 Å². The van der Waals surface area contributed by atoms with Crippen molar-refractivity contribution in [3.63, 3.8) is 0 Å². The molecule has 0 aliphatic carbocycles. The first-order valence-electron chi connectivity index (χ1n) is 5.45. The lowest BCUT2D eigenvalue weighted by Gasteiger charge is -2.09. The topological polar surface area (TPSA) is 97.1 Å². The van der Waals surface area contributed by atoms with Crippen LogP contribution in [0.1, 0.15) is 30.3 Å². The number of aromatic nitrogens is 3. The van der Waals surface area contributed by atoms with Crippen molar-refractivity contribution < 1.29 is 14.7 Å². The minimum Gasteiger partial charge on any atom is -0.480 e. The third kappa shape index (κ3) is 3.90. The van der Waals surface area contributed by atoms with Gasteiger partial charge in [-0.1, -0.05) is 24.5 Å². The smallest absolute Gasteiger partial charge is 0.325 e. The van der Waals surface area contributed by atoms with Gasteiger partial charge in [-0.2, -0.15) is 0 Å². The lowest BCUT2D eigenvalue weighted by molar-refractivity contribution is -0.137. The minimum absolute atomic E-state index is 0.0487. The third-order valence-electron chi connectivity index (χ3n) is 2.15. The fourth-order valence-electron chi connectivity index (χ4n) is 1.34. The monoisotopic (exact) mass is 250 g/mol. The first kappa shape index (κ1) is 13.7. The van der Waals surface area contributed by atoms with E-state index in [-0.39, 0.29) is 18.3 Å². The molecule has 0 saturated heterocycles. The van der Waals surface area contributed by atoms with E-state index in [1.54, 1.807) is 0 Å². The summed E-state index contributed by atoms with van der Waals surface area (Å²) in [5, 5.41) is 18.3. The molecule has 1 aromatic rings. The molecule has 1 aromatic heterocycles. The van der Waals surface area contributed by atoms with Crippen LogP contribution in [0.15, 0.2) is 6.20 Å². The number of carboxylic acids is 1. The largest absolute Gasteiger partial charge is 0.480 e. The molecule has 0 aromatic carbocycles. The molecule has 7 nitrogen and oxygen atoms in total. The molecule has 0 fully saturated rings. The van der Waals surface area contributed by atoms with E-state index in [0.29, 0.717) is 6.42 Å². The summed E-state index contributed by atoms with van der Waals surface area (Å²) >= 11 is 0. The molecule has 0 radical (unpaired) electrons. The number of terminal acetylenes is 1. The lowest BCUT2D eigenvalue weighted by Crippen LogP contribution is -2.33. The van der Waals surface area contributed by atoms with Gasteiger partial charge in [-0.3, -0.25) is 9.59 Å². The highest BCUT2D eigenvalue weighted by Gasteiger charge is 2.15. The Hall–Kier alpha value is -2.36. The van der Waals surface area contributed by atoms with E-state index >= 15 is 0 Å². The van der Waals surface area contributed by atoms with Gasteiger partial charge in [-0.25, -0.2) is 4.68 Å². The van der Waals surface area contributed by atoms with Crippen LogP contribution in [-0.2, 0) is 11.3 Å². The zero-order valence-electron chi connectivity index (χ0n) is 9.96. The van der Waals surface area contributed by atoms with E-state index in [9.17, 15) is 9.59 Å². The Morgan fingerprint density at radius 3 is 2.94 bits per heavy atom. The maximum absolute atomic E-state index is 11.7. The molecule has 1 heterocycles. The van der Waals surface area contributed by atoms with Crippen molar-refractivity contribution in [2.45, 2.75) is 32.4 Å². The number of aliphatic carboxylic acids is 1. The van der Waals surface area contributed by atoms with E-state index in [0.717, 1.165) is 11.1 Å². The molecule has 0 aliphatic rings. The number of amides is 1. The highest BCUT2D eigenvalue weighted by atomic mass is 16.4. The lowest BCUT2D eigenvalue weighted by atomic mass is 10.2. The molecule has 1 unspecified atom stereocenters. The molecular formula is C11H14N4O3. The molecule has 2 N–H and O–H groups in total. The second-order valence-electron chi connectivity index (χ2n) is 3.68. The van der Waals surface area contributed by atoms with Gasteiger partial charge < -0.3 is 10.4 Å². The molecule has 7 heteroatoms. The first-order chi connectivity index (χ1) is 8.56. The zero-order chi connectivity index (χ0) is 13.5. The van der Waals surface area contributed by atoms with Crippen molar-refractivity contribution in [3.05, 3.63) is 11.9 Å². The van der Waals surface area contributed by atoms with Crippen molar-refractivity contribution in [1.29, 1.82) is 0 Å². The molecule has 18 heavy (non-hydrogen) atoms. The number of nitrogens with zero attached hydrogens (tertiary/aromatic N) is 3. The van der Waals surface area contributed by atoms with Crippen LogP contribution in [0.2, 0.25) is 0 Å². The van der Waals surface area contributed by atoms with Gasteiger partial charge >= 0.3 is 5.97 Å². The predicted octanol–water partition coefficient (Wildman–Crippen LogP) is -0.106. The van der Waals surface area contributed by atoms with Gasteiger partial charge in [0.2, 0.25) is 0 Å². The standard InChI is InChI=1S/C11H14N4O3/c1-3-5-8(4-2)12-11(18)9-6-15(14-13-9)7-10(16)17/h2,6,8H,3,5,7H2,1H3,(H,12,18)(H,16,17). The number of carbonyl (C=O) groups is 2. The van der Waals surface area contributed by atoms with Gasteiger partial charge in [0.1, 0.15) is 6.54 Å². The summed E-state index contributed by atoms with van der Waals surface area (Å²) in [5.41, 5.74) is 0.0487. The Labute approximate surface area is 104 Å². The number of carboxylic acid groups (broad SMARTS) is 1. The second-order valence-corrected chi connectivity index (χ2v) is 3.68. The molecule has 1 atom stereocenters. The van der Waals surface area contributed by atoms with Crippen LogP contribution < -0.4 is 5.32 Å². The van der Waals surface area contributed by atoms with E-state index in [1.165, 1.54) is 6.20 Å². The molecule has 96 valence electrons. The number of carbonyl (C=O) groups excluding carboxylic acids is 1.